The normalized spacial score (nSPS) is 12.7. The van der Waals surface area contributed by atoms with E-state index in [9.17, 15) is 14.4 Å². The molecule has 0 saturated heterocycles. The third-order valence-corrected chi connectivity index (χ3v) is 5.43. The number of hydrogen-bond acceptors (Lipinski definition) is 5. The summed E-state index contributed by atoms with van der Waals surface area (Å²) in [5.41, 5.74) is 3.10. The Bertz CT molecular complexity index is 1310. The number of imide groups is 1. The lowest BCUT2D eigenvalue weighted by Gasteiger charge is -2.13. The largest absolute Gasteiger partial charge is 0.460 e. The number of amides is 2. The Hall–Kier alpha value is -4.52. The smallest absolute Gasteiger partial charge is 0.342 e. The van der Waals surface area contributed by atoms with Gasteiger partial charge >= 0.3 is 5.97 Å². The van der Waals surface area contributed by atoms with Gasteiger partial charge in [-0.15, -0.1) is 0 Å². The summed E-state index contributed by atoms with van der Waals surface area (Å²) in [4.78, 5) is 39.1. The molecule has 5 rings (SSSR count). The van der Waals surface area contributed by atoms with E-state index in [0.29, 0.717) is 22.4 Å². The fraction of sp³-hybridized carbons (Fsp3) is 0.0769. The molecule has 162 valence electrons. The van der Waals surface area contributed by atoms with E-state index in [4.69, 9.17) is 4.74 Å². The Labute approximate surface area is 189 Å². The number of para-hydroxylation sites is 1. The van der Waals surface area contributed by atoms with Crippen LogP contribution >= 0.6 is 0 Å². The van der Waals surface area contributed by atoms with Crippen LogP contribution in [0.3, 0.4) is 0 Å². The molecular weight excluding hydrogens is 418 g/mol. The highest BCUT2D eigenvalue weighted by atomic mass is 16.5. The molecule has 7 nitrogen and oxygen atoms in total. The average molecular weight is 437 g/mol. The Morgan fingerprint density at radius 1 is 0.788 bits per heavy atom. The van der Waals surface area contributed by atoms with Gasteiger partial charge in [-0.3, -0.25) is 14.5 Å². The van der Waals surface area contributed by atoms with Crippen LogP contribution in [-0.4, -0.2) is 45.6 Å². The van der Waals surface area contributed by atoms with Gasteiger partial charge in [-0.05, 0) is 24.3 Å². The third kappa shape index (κ3) is 3.80. The number of fused-ring (bicyclic) bond motifs is 1. The molecule has 4 aromatic rings. The van der Waals surface area contributed by atoms with Gasteiger partial charge in [0.1, 0.15) is 17.9 Å². The molecule has 0 radical (unpaired) electrons. The summed E-state index contributed by atoms with van der Waals surface area (Å²) in [5.74, 6) is -1.34. The van der Waals surface area contributed by atoms with Gasteiger partial charge in [-0.1, -0.05) is 60.7 Å². The monoisotopic (exact) mass is 437 g/mol. The molecule has 2 heterocycles. The summed E-state index contributed by atoms with van der Waals surface area (Å²) >= 11 is 0. The highest BCUT2D eigenvalue weighted by Gasteiger charge is 2.35. The van der Waals surface area contributed by atoms with E-state index >= 15 is 0 Å². The van der Waals surface area contributed by atoms with Crippen LogP contribution < -0.4 is 0 Å². The van der Waals surface area contributed by atoms with Crippen molar-refractivity contribution in [2.45, 2.75) is 0 Å². The molecule has 0 aliphatic carbocycles. The van der Waals surface area contributed by atoms with Crippen molar-refractivity contribution in [3.8, 4) is 16.9 Å². The molecule has 1 aliphatic heterocycles. The number of carbonyl (C=O) groups is 3. The van der Waals surface area contributed by atoms with Gasteiger partial charge in [0, 0.05) is 11.8 Å². The minimum atomic E-state index is -0.576. The molecule has 0 N–H and O–H groups in total. The topological polar surface area (TPSA) is 81.5 Å². The molecule has 0 saturated carbocycles. The third-order valence-electron chi connectivity index (χ3n) is 5.43. The van der Waals surface area contributed by atoms with Gasteiger partial charge in [0.2, 0.25) is 0 Å². The molecule has 1 aliphatic rings. The van der Waals surface area contributed by atoms with E-state index in [1.807, 2.05) is 60.7 Å². The summed E-state index contributed by atoms with van der Waals surface area (Å²) in [6.45, 7) is -0.138. The van der Waals surface area contributed by atoms with Crippen molar-refractivity contribution in [3.63, 3.8) is 0 Å². The molecule has 0 atom stereocenters. The number of benzene rings is 3. The van der Waals surface area contributed by atoms with Gasteiger partial charge in [-0.2, -0.15) is 5.10 Å². The van der Waals surface area contributed by atoms with Gasteiger partial charge in [0.05, 0.1) is 23.4 Å². The predicted octanol–water partition coefficient (Wildman–Crippen LogP) is 3.99. The van der Waals surface area contributed by atoms with Crippen LogP contribution in [0.5, 0.6) is 0 Å². The zero-order chi connectivity index (χ0) is 22.8. The van der Waals surface area contributed by atoms with E-state index in [1.54, 1.807) is 35.1 Å². The maximum absolute atomic E-state index is 13.0. The van der Waals surface area contributed by atoms with Crippen LogP contribution in [0, 0.1) is 0 Å². The summed E-state index contributed by atoms with van der Waals surface area (Å²) in [6.07, 6.45) is 1.63. The Morgan fingerprint density at radius 2 is 1.36 bits per heavy atom. The van der Waals surface area contributed by atoms with Crippen LogP contribution in [0.15, 0.2) is 91.1 Å². The quantitative estimate of drug-likeness (QED) is 0.337. The molecule has 0 bridgehead atoms. The van der Waals surface area contributed by atoms with Crippen LogP contribution in [0.4, 0.5) is 0 Å². The number of aromatic nitrogens is 2. The van der Waals surface area contributed by atoms with Crippen molar-refractivity contribution in [1.82, 2.24) is 14.7 Å². The Balaban J connectivity index is 1.35. The van der Waals surface area contributed by atoms with Crippen molar-refractivity contribution in [1.29, 1.82) is 0 Å². The van der Waals surface area contributed by atoms with Gasteiger partial charge in [0.15, 0.2) is 0 Å². The Morgan fingerprint density at radius 3 is 2.00 bits per heavy atom. The maximum Gasteiger partial charge on any atom is 0.342 e. The fourth-order valence-electron chi connectivity index (χ4n) is 3.80. The first-order chi connectivity index (χ1) is 16.1. The van der Waals surface area contributed by atoms with Gasteiger partial charge < -0.3 is 4.74 Å². The summed E-state index contributed by atoms with van der Waals surface area (Å²) in [7, 11) is 0. The van der Waals surface area contributed by atoms with Crippen molar-refractivity contribution < 1.29 is 19.1 Å². The van der Waals surface area contributed by atoms with Crippen molar-refractivity contribution in [3.05, 3.63) is 108 Å². The average Bonchev–Trinajstić information content (AvgIpc) is 3.41. The second kappa shape index (κ2) is 8.55. The number of carbonyl (C=O) groups excluding carboxylic acids is 3. The molecule has 7 heteroatoms. The van der Waals surface area contributed by atoms with Crippen LogP contribution in [0.1, 0.15) is 31.1 Å². The molecule has 0 unspecified atom stereocenters. The van der Waals surface area contributed by atoms with E-state index in [2.05, 4.69) is 5.10 Å². The van der Waals surface area contributed by atoms with Crippen molar-refractivity contribution in [2.75, 3.05) is 13.2 Å². The van der Waals surface area contributed by atoms with Crippen molar-refractivity contribution >= 4 is 17.8 Å². The Kier molecular flexibility index (Phi) is 5.28. The molecule has 1 aromatic heterocycles. The lowest BCUT2D eigenvalue weighted by molar-refractivity contribution is 0.0421. The summed E-state index contributed by atoms with van der Waals surface area (Å²) in [6, 6.07) is 25.5. The van der Waals surface area contributed by atoms with E-state index in [0.717, 1.165) is 16.2 Å². The zero-order valence-corrected chi connectivity index (χ0v) is 17.5. The summed E-state index contributed by atoms with van der Waals surface area (Å²) < 4.78 is 7.09. The van der Waals surface area contributed by atoms with E-state index in [-0.39, 0.29) is 25.0 Å². The number of ether oxygens (including phenoxy) is 1. The molecule has 33 heavy (non-hydrogen) atoms. The predicted molar refractivity (Wildman–Crippen MR) is 121 cm³/mol. The molecule has 0 spiro atoms. The molecule has 0 fully saturated rings. The lowest BCUT2D eigenvalue weighted by atomic mass is 10.1. The van der Waals surface area contributed by atoms with Crippen molar-refractivity contribution in [2.24, 2.45) is 0 Å². The van der Waals surface area contributed by atoms with Crippen LogP contribution in [0.25, 0.3) is 16.9 Å². The number of rotatable bonds is 6. The minimum absolute atomic E-state index is 0.0222. The highest BCUT2D eigenvalue weighted by molar-refractivity contribution is 6.21. The number of hydrogen-bond donors (Lipinski definition) is 0. The number of esters is 1. The van der Waals surface area contributed by atoms with E-state index < -0.39 is 5.97 Å². The lowest BCUT2D eigenvalue weighted by Crippen LogP contribution is -2.33. The van der Waals surface area contributed by atoms with Gasteiger partial charge in [-0.25, -0.2) is 9.48 Å². The summed E-state index contributed by atoms with van der Waals surface area (Å²) in [5, 5.41) is 4.61. The van der Waals surface area contributed by atoms with Gasteiger partial charge in [0.25, 0.3) is 11.8 Å². The minimum Gasteiger partial charge on any atom is -0.460 e. The molecule has 2 amide bonds. The zero-order valence-electron chi connectivity index (χ0n) is 17.5. The second-order valence-electron chi connectivity index (χ2n) is 7.48. The van der Waals surface area contributed by atoms with E-state index in [1.165, 1.54) is 0 Å². The first-order valence-corrected chi connectivity index (χ1v) is 10.5. The first kappa shape index (κ1) is 20.4. The van der Waals surface area contributed by atoms with Crippen LogP contribution in [-0.2, 0) is 4.74 Å². The molecule has 3 aromatic carbocycles. The fourth-order valence-corrected chi connectivity index (χ4v) is 3.80. The molecular formula is C26H19N3O4. The second-order valence-corrected chi connectivity index (χ2v) is 7.48. The number of nitrogens with zero attached hydrogens (tertiary/aromatic N) is 3. The van der Waals surface area contributed by atoms with Crippen LogP contribution in [0.2, 0.25) is 0 Å². The highest BCUT2D eigenvalue weighted by Crippen LogP contribution is 2.25. The maximum atomic E-state index is 13.0. The first-order valence-electron chi connectivity index (χ1n) is 10.5. The SMILES string of the molecule is O=C(OCCN1C(=O)c2ccccc2C1=O)c1cn(-c2ccccc2)nc1-c1ccccc1. The standard InChI is InChI=1S/C26H19N3O4/c30-24-20-13-7-8-14-21(20)25(31)28(24)15-16-33-26(32)22-17-29(19-11-5-2-6-12-19)27-23(22)18-9-3-1-4-10-18/h1-14,17H,15-16H2.